The summed E-state index contributed by atoms with van der Waals surface area (Å²) in [5.41, 5.74) is 14.5. The van der Waals surface area contributed by atoms with Gasteiger partial charge in [-0.25, -0.2) is 9.59 Å². The van der Waals surface area contributed by atoms with Crippen LogP contribution in [0.1, 0.15) is 101 Å². The lowest BCUT2D eigenvalue weighted by Crippen LogP contribution is -2.25. The lowest BCUT2D eigenvalue weighted by atomic mass is 9.68. The number of nitrogens with two attached hydrogens (primary N) is 2. The molecule has 0 bridgehead atoms. The highest BCUT2D eigenvalue weighted by molar-refractivity contribution is 5.92. The third-order valence-corrected chi connectivity index (χ3v) is 8.89. The minimum atomic E-state index is -0.649. The Balaban J connectivity index is 1.16. The van der Waals surface area contributed by atoms with Crippen LogP contribution in [0.2, 0.25) is 0 Å². The van der Waals surface area contributed by atoms with Crippen molar-refractivity contribution < 1.29 is 19.1 Å². The van der Waals surface area contributed by atoms with E-state index in [9.17, 15) is 9.59 Å². The molecule has 4 rings (SSSR count). The van der Waals surface area contributed by atoms with Gasteiger partial charge in [-0.15, -0.1) is 0 Å². The van der Waals surface area contributed by atoms with Crippen LogP contribution in [0.25, 0.3) is 0 Å². The van der Waals surface area contributed by atoms with Crippen LogP contribution in [-0.2, 0) is 20.9 Å². The number of unbranched alkanes of at least 4 members (excludes halogenated alkanes) is 2. The Hall–Kier alpha value is -3.28. The van der Waals surface area contributed by atoms with Crippen molar-refractivity contribution in [3.05, 3.63) is 65.7 Å². The van der Waals surface area contributed by atoms with Crippen molar-refractivity contribution in [3.8, 4) is 5.75 Å². The smallest absolute Gasteiger partial charge is 0.336 e. The molecule has 0 radical (unpaired) electrons. The fourth-order valence-corrected chi connectivity index (χ4v) is 6.68. The summed E-state index contributed by atoms with van der Waals surface area (Å²) in [6.07, 6.45) is 18.6. The van der Waals surface area contributed by atoms with Gasteiger partial charge in [0.2, 0.25) is 0 Å². The number of nitrogen functional groups attached to an aromatic ring is 2. The predicted molar refractivity (Wildman–Crippen MR) is 161 cm³/mol. The number of carbonyl (C=O) groups is 2. The van der Waals surface area contributed by atoms with Gasteiger partial charge in [-0.2, -0.15) is 0 Å². The SMILES string of the molecule is CCCCCC1CCC(C2CCC(c3ccc(OC(=O)/C=C\C(=O)OCc4cc(N)cc(N)c4)cc3)CC2)CC1. The van der Waals surface area contributed by atoms with Gasteiger partial charge in [0.25, 0.3) is 0 Å². The van der Waals surface area contributed by atoms with E-state index >= 15 is 0 Å². The predicted octanol–water partition coefficient (Wildman–Crippen LogP) is 7.72. The second-order valence-electron chi connectivity index (χ2n) is 11.8. The van der Waals surface area contributed by atoms with Crippen molar-refractivity contribution in [2.75, 3.05) is 11.5 Å². The number of rotatable bonds is 11. The fraction of sp³-hybridized carbons (Fsp3) is 0.529. The van der Waals surface area contributed by atoms with Gasteiger partial charge < -0.3 is 20.9 Å². The molecular weight excluding hydrogens is 500 g/mol. The first-order valence-corrected chi connectivity index (χ1v) is 15.2. The van der Waals surface area contributed by atoms with E-state index in [0.717, 1.165) is 29.9 Å². The Morgan fingerprint density at radius 3 is 2.02 bits per heavy atom. The molecule has 2 aliphatic rings. The van der Waals surface area contributed by atoms with E-state index in [4.69, 9.17) is 20.9 Å². The van der Waals surface area contributed by atoms with E-state index in [-0.39, 0.29) is 6.61 Å². The number of benzene rings is 2. The van der Waals surface area contributed by atoms with Gasteiger partial charge in [0.1, 0.15) is 12.4 Å². The Morgan fingerprint density at radius 2 is 1.40 bits per heavy atom. The van der Waals surface area contributed by atoms with E-state index in [2.05, 4.69) is 19.1 Å². The van der Waals surface area contributed by atoms with Gasteiger partial charge in [0, 0.05) is 23.5 Å². The number of anilines is 2. The molecule has 6 heteroatoms. The lowest BCUT2D eigenvalue weighted by molar-refractivity contribution is -0.139. The number of ether oxygens (including phenoxy) is 2. The number of esters is 2. The number of carbonyl (C=O) groups excluding carboxylic acids is 2. The lowest BCUT2D eigenvalue weighted by Gasteiger charge is -2.38. The van der Waals surface area contributed by atoms with E-state index in [0.29, 0.717) is 28.6 Å². The summed E-state index contributed by atoms with van der Waals surface area (Å²) in [7, 11) is 0. The van der Waals surface area contributed by atoms with Gasteiger partial charge in [-0.05, 0) is 104 Å². The van der Waals surface area contributed by atoms with Crippen LogP contribution in [0, 0.1) is 17.8 Å². The Labute approximate surface area is 239 Å². The maximum Gasteiger partial charge on any atom is 0.336 e. The van der Waals surface area contributed by atoms with Gasteiger partial charge in [0.05, 0.1) is 0 Å². The Morgan fingerprint density at radius 1 is 0.800 bits per heavy atom. The summed E-state index contributed by atoms with van der Waals surface area (Å²) in [5.74, 6) is 2.59. The third kappa shape index (κ3) is 9.14. The van der Waals surface area contributed by atoms with Crippen LogP contribution < -0.4 is 16.2 Å². The molecule has 216 valence electrons. The first-order valence-electron chi connectivity index (χ1n) is 15.2. The topological polar surface area (TPSA) is 105 Å². The average molecular weight is 547 g/mol. The molecule has 0 amide bonds. The minimum absolute atomic E-state index is 0.0110. The molecule has 40 heavy (non-hydrogen) atoms. The molecule has 0 saturated heterocycles. The third-order valence-electron chi connectivity index (χ3n) is 8.89. The average Bonchev–Trinajstić information content (AvgIpc) is 2.96. The molecular formula is C34H46N2O4. The summed E-state index contributed by atoms with van der Waals surface area (Å²) in [6.45, 7) is 2.30. The molecule has 2 aromatic carbocycles. The first kappa shape index (κ1) is 29.7. The van der Waals surface area contributed by atoms with Crippen LogP contribution in [0.5, 0.6) is 5.75 Å². The molecule has 6 nitrogen and oxygen atoms in total. The van der Waals surface area contributed by atoms with Crippen LogP contribution in [0.3, 0.4) is 0 Å². The van der Waals surface area contributed by atoms with E-state index < -0.39 is 11.9 Å². The number of hydrogen-bond acceptors (Lipinski definition) is 6. The summed E-state index contributed by atoms with van der Waals surface area (Å²) >= 11 is 0. The van der Waals surface area contributed by atoms with Crippen molar-refractivity contribution in [2.45, 2.75) is 96.5 Å². The zero-order valence-electron chi connectivity index (χ0n) is 24.0. The second kappa shape index (κ2) is 14.9. The van der Waals surface area contributed by atoms with Crippen LogP contribution in [-0.4, -0.2) is 11.9 Å². The molecule has 0 heterocycles. The molecule has 0 unspecified atom stereocenters. The molecule has 2 aromatic rings. The second-order valence-corrected chi connectivity index (χ2v) is 11.8. The van der Waals surface area contributed by atoms with E-state index in [1.165, 1.54) is 82.6 Å². The van der Waals surface area contributed by atoms with Crippen LogP contribution in [0.4, 0.5) is 11.4 Å². The van der Waals surface area contributed by atoms with Gasteiger partial charge in [0.15, 0.2) is 0 Å². The monoisotopic (exact) mass is 546 g/mol. The molecule has 4 N–H and O–H groups in total. The molecule has 0 aromatic heterocycles. The largest absolute Gasteiger partial charge is 0.458 e. The highest BCUT2D eigenvalue weighted by atomic mass is 16.5. The molecule has 0 aliphatic heterocycles. The highest BCUT2D eigenvalue weighted by Crippen LogP contribution is 2.44. The van der Waals surface area contributed by atoms with Crippen LogP contribution >= 0.6 is 0 Å². The summed E-state index contributed by atoms with van der Waals surface area (Å²) in [5, 5.41) is 0. The molecule has 2 saturated carbocycles. The standard InChI is InChI=1S/C34H46N2O4/c1-2-3-4-5-24-6-8-26(9-7-24)27-10-12-28(13-11-27)29-14-16-32(17-15-29)40-34(38)19-18-33(37)39-23-25-20-30(35)22-31(36)21-25/h14-22,24,26-28H,2-13,23,35-36H2,1H3/b19-18-. The molecule has 2 fully saturated rings. The molecule has 2 aliphatic carbocycles. The molecule has 0 atom stereocenters. The maximum atomic E-state index is 12.2. The quantitative estimate of drug-likeness (QED) is 0.0983. The van der Waals surface area contributed by atoms with Gasteiger partial charge in [-0.1, -0.05) is 57.6 Å². The highest BCUT2D eigenvalue weighted by Gasteiger charge is 2.31. The Bertz CT molecular complexity index is 1110. The zero-order valence-corrected chi connectivity index (χ0v) is 24.0. The van der Waals surface area contributed by atoms with E-state index in [1.54, 1.807) is 18.2 Å². The summed E-state index contributed by atoms with van der Waals surface area (Å²) < 4.78 is 10.5. The van der Waals surface area contributed by atoms with Crippen molar-refractivity contribution in [1.29, 1.82) is 0 Å². The van der Waals surface area contributed by atoms with Crippen molar-refractivity contribution in [3.63, 3.8) is 0 Å². The van der Waals surface area contributed by atoms with Gasteiger partial charge >= 0.3 is 11.9 Å². The first-order chi connectivity index (χ1) is 19.4. The summed E-state index contributed by atoms with van der Waals surface area (Å²) in [4.78, 5) is 24.2. The maximum absolute atomic E-state index is 12.2. The minimum Gasteiger partial charge on any atom is -0.458 e. The van der Waals surface area contributed by atoms with Crippen molar-refractivity contribution in [2.24, 2.45) is 17.8 Å². The fourth-order valence-electron chi connectivity index (χ4n) is 6.68. The van der Waals surface area contributed by atoms with Gasteiger partial charge in [-0.3, -0.25) is 0 Å². The normalized spacial score (nSPS) is 23.1. The zero-order chi connectivity index (χ0) is 28.3. The van der Waals surface area contributed by atoms with Crippen molar-refractivity contribution >= 4 is 23.3 Å². The molecule has 0 spiro atoms. The van der Waals surface area contributed by atoms with E-state index in [1.807, 2.05) is 12.1 Å². The van der Waals surface area contributed by atoms with Crippen LogP contribution in [0.15, 0.2) is 54.6 Å². The Kier molecular flexibility index (Phi) is 11.1. The number of hydrogen-bond donors (Lipinski definition) is 2. The van der Waals surface area contributed by atoms with Crippen molar-refractivity contribution in [1.82, 2.24) is 0 Å². The summed E-state index contributed by atoms with van der Waals surface area (Å²) in [6, 6.07) is 12.8.